The number of hydrogen-bond donors (Lipinski definition) is 2. The number of anilines is 1. The van der Waals surface area contributed by atoms with Gasteiger partial charge in [-0.05, 0) is 18.1 Å². The van der Waals surface area contributed by atoms with Crippen LogP contribution in [0.1, 0.15) is 24.2 Å². The van der Waals surface area contributed by atoms with Crippen LogP contribution in [0, 0.1) is 0 Å². The van der Waals surface area contributed by atoms with E-state index < -0.39 is 0 Å². The van der Waals surface area contributed by atoms with Gasteiger partial charge in [-0.3, -0.25) is 4.79 Å². The molecule has 0 aliphatic carbocycles. The minimum atomic E-state index is 0.125. The van der Waals surface area contributed by atoms with Gasteiger partial charge in [-0.1, -0.05) is 30.3 Å². The number of amides is 1. The molecule has 5 heteroatoms. The zero-order chi connectivity index (χ0) is 14.5. The summed E-state index contributed by atoms with van der Waals surface area (Å²) in [5.41, 5.74) is 1.19. The third-order valence-electron chi connectivity index (χ3n) is 3.53. The number of piperidine rings is 1. The Morgan fingerprint density at radius 3 is 2.86 bits per heavy atom. The number of rotatable bonds is 4. The SMILES string of the molecule is O=C1CCC(Nc2ccnc(Cc3ccccc3)n2)CN1. The number of carbonyl (C=O) groups excluding carboxylic acids is 1. The predicted octanol–water partition coefficient (Wildman–Crippen LogP) is 1.76. The Bertz CT molecular complexity index is 605. The summed E-state index contributed by atoms with van der Waals surface area (Å²) in [4.78, 5) is 20.0. The molecular formula is C16H18N4O. The first-order valence-corrected chi connectivity index (χ1v) is 7.19. The van der Waals surface area contributed by atoms with E-state index in [1.807, 2.05) is 24.3 Å². The molecule has 0 radical (unpaired) electrons. The normalized spacial score (nSPS) is 18.1. The predicted molar refractivity (Wildman–Crippen MR) is 80.9 cm³/mol. The molecule has 1 unspecified atom stereocenters. The van der Waals surface area contributed by atoms with Gasteiger partial charge in [0.05, 0.1) is 0 Å². The Hall–Kier alpha value is -2.43. The van der Waals surface area contributed by atoms with Crippen molar-refractivity contribution in [2.24, 2.45) is 0 Å². The molecule has 1 aromatic heterocycles. The minimum Gasteiger partial charge on any atom is -0.365 e. The maximum absolute atomic E-state index is 11.2. The second-order valence-corrected chi connectivity index (χ2v) is 5.20. The topological polar surface area (TPSA) is 66.9 Å². The van der Waals surface area contributed by atoms with Crippen LogP contribution < -0.4 is 10.6 Å². The highest BCUT2D eigenvalue weighted by molar-refractivity contribution is 5.76. The standard InChI is InChI=1S/C16H18N4O/c21-16-7-6-13(11-18-16)19-14-8-9-17-15(20-14)10-12-4-2-1-3-5-12/h1-5,8-9,13H,6-7,10-11H2,(H,18,21)(H,17,19,20). The van der Waals surface area contributed by atoms with E-state index in [-0.39, 0.29) is 11.9 Å². The lowest BCUT2D eigenvalue weighted by atomic mass is 10.1. The fourth-order valence-electron chi connectivity index (χ4n) is 2.41. The van der Waals surface area contributed by atoms with Gasteiger partial charge < -0.3 is 10.6 Å². The van der Waals surface area contributed by atoms with Gasteiger partial charge in [0.2, 0.25) is 5.91 Å². The second kappa shape index (κ2) is 6.35. The van der Waals surface area contributed by atoms with E-state index in [1.54, 1.807) is 6.20 Å². The van der Waals surface area contributed by atoms with Gasteiger partial charge in [0.25, 0.3) is 0 Å². The van der Waals surface area contributed by atoms with Crippen molar-refractivity contribution in [3.8, 4) is 0 Å². The van der Waals surface area contributed by atoms with Crippen molar-refractivity contribution >= 4 is 11.7 Å². The average molecular weight is 282 g/mol. The monoisotopic (exact) mass is 282 g/mol. The molecule has 3 rings (SSSR count). The van der Waals surface area contributed by atoms with Crippen molar-refractivity contribution in [3.05, 3.63) is 54.0 Å². The number of hydrogen-bond acceptors (Lipinski definition) is 4. The van der Waals surface area contributed by atoms with Crippen LogP contribution in [0.3, 0.4) is 0 Å². The highest BCUT2D eigenvalue weighted by Crippen LogP contribution is 2.12. The number of nitrogens with one attached hydrogen (secondary N) is 2. The largest absolute Gasteiger partial charge is 0.365 e. The summed E-state index contributed by atoms with van der Waals surface area (Å²) in [6, 6.07) is 12.3. The highest BCUT2D eigenvalue weighted by atomic mass is 16.1. The molecule has 2 heterocycles. The summed E-state index contributed by atoms with van der Waals surface area (Å²) >= 11 is 0. The molecule has 2 N–H and O–H groups in total. The first-order valence-electron chi connectivity index (χ1n) is 7.19. The van der Waals surface area contributed by atoms with E-state index in [0.717, 1.165) is 24.5 Å². The second-order valence-electron chi connectivity index (χ2n) is 5.20. The molecule has 1 aliphatic rings. The van der Waals surface area contributed by atoms with Gasteiger partial charge in [-0.2, -0.15) is 0 Å². The van der Waals surface area contributed by atoms with Crippen molar-refractivity contribution in [2.75, 3.05) is 11.9 Å². The molecule has 1 fully saturated rings. The Balaban J connectivity index is 1.64. The molecule has 5 nitrogen and oxygen atoms in total. The van der Waals surface area contributed by atoms with Crippen LogP contribution in [0.15, 0.2) is 42.6 Å². The van der Waals surface area contributed by atoms with E-state index >= 15 is 0 Å². The maximum Gasteiger partial charge on any atom is 0.220 e. The first-order chi connectivity index (χ1) is 10.3. The quantitative estimate of drug-likeness (QED) is 0.896. The van der Waals surface area contributed by atoms with Crippen molar-refractivity contribution in [3.63, 3.8) is 0 Å². The Morgan fingerprint density at radius 2 is 2.10 bits per heavy atom. The lowest BCUT2D eigenvalue weighted by Crippen LogP contribution is -2.42. The zero-order valence-electron chi connectivity index (χ0n) is 11.7. The molecule has 1 aliphatic heterocycles. The molecule has 0 spiro atoms. The summed E-state index contributed by atoms with van der Waals surface area (Å²) in [6.45, 7) is 0.650. The van der Waals surface area contributed by atoms with Crippen LogP contribution in [0.2, 0.25) is 0 Å². The van der Waals surface area contributed by atoms with Crippen molar-refractivity contribution < 1.29 is 4.79 Å². The summed E-state index contributed by atoms with van der Waals surface area (Å²) in [5, 5.41) is 6.22. The van der Waals surface area contributed by atoms with Gasteiger partial charge in [-0.25, -0.2) is 9.97 Å². The summed E-state index contributed by atoms with van der Waals surface area (Å²) < 4.78 is 0. The average Bonchev–Trinajstić information content (AvgIpc) is 2.51. The molecular weight excluding hydrogens is 264 g/mol. The molecule has 1 atom stereocenters. The van der Waals surface area contributed by atoms with Gasteiger partial charge in [0.1, 0.15) is 11.6 Å². The van der Waals surface area contributed by atoms with E-state index in [4.69, 9.17) is 0 Å². The van der Waals surface area contributed by atoms with Crippen LogP contribution in [-0.2, 0) is 11.2 Å². The molecule has 108 valence electrons. The van der Waals surface area contributed by atoms with Gasteiger partial charge in [0, 0.05) is 31.6 Å². The van der Waals surface area contributed by atoms with Gasteiger partial charge in [0.15, 0.2) is 0 Å². The van der Waals surface area contributed by atoms with E-state index in [2.05, 4.69) is 32.7 Å². The highest BCUT2D eigenvalue weighted by Gasteiger charge is 2.17. The third kappa shape index (κ3) is 3.78. The zero-order valence-corrected chi connectivity index (χ0v) is 11.7. The van der Waals surface area contributed by atoms with Crippen LogP contribution in [0.25, 0.3) is 0 Å². The molecule has 21 heavy (non-hydrogen) atoms. The fourth-order valence-corrected chi connectivity index (χ4v) is 2.41. The van der Waals surface area contributed by atoms with E-state index in [1.165, 1.54) is 5.56 Å². The van der Waals surface area contributed by atoms with Crippen molar-refractivity contribution in [2.45, 2.75) is 25.3 Å². The molecule has 0 saturated carbocycles. The van der Waals surface area contributed by atoms with E-state index in [0.29, 0.717) is 13.0 Å². The molecule has 2 aromatic rings. The van der Waals surface area contributed by atoms with Crippen LogP contribution in [-0.4, -0.2) is 28.5 Å². The molecule has 1 aromatic carbocycles. The smallest absolute Gasteiger partial charge is 0.220 e. The Kier molecular flexibility index (Phi) is 4.09. The summed E-state index contributed by atoms with van der Waals surface area (Å²) in [7, 11) is 0. The van der Waals surface area contributed by atoms with Crippen LogP contribution in [0.4, 0.5) is 5.82 Å². The Morgan fingerprint density at radius 1 is 1.24 bits per heavy atom. The summed E-state index contributed by atoms with van der Waals surface area (Å²) in [5.74, 6) is 1.74. The Labute approximate surface area is 123 Å². The molecule has 0 bridgehead atoms. The minimum absolute atomic E-state index is 0.125. The lowest BCUT2D eigenvalue weighted by Gasteiger charge is -2.23. The molecule has 1 saturated heterocycles. The third-order valence-corrected chi connectivity index (χ3v) is 3.53. The van der Waals surface area contributed by atoms with Crippen LogP contribution >= 0.6 is 0 Å². The summed E-state index contributed by atoms with van der Waals surface area (Å²) in [6.07, 6.45) is 3.90. The van der Waals surface area contributed by atoms with Crippen molar-refractivity contribution in [1.82, 2.24) is 15.3 Å². The number of carbonyl (C=O) groups is 1. The number of nitrogens with zero attached hydrogens (tertiary/aromatic N) is 2. The maximum atomic E-state index is 11.2. The fraction of sp³-hybridized carbons (Fsp3) is 0.312. The number of aromatic nitrogens is 2. The van der Waals surface area contributed by atoms with Crippen LogP contribution in [0.5, 0.6) is 0 Å². The first kappa shape index (κ1) is 13.5. The van der Waals surface area contributed by atoms with Gasteiger partial charge >= 0.3 is 0 Å². The molecule has 1 amide bonds. The van der Waals surface area contributed by atoms with Crippen molar-refractivity contribution in [1.29, 1.82) is 0 Å². The lowest BCUT2D eigenvalue weighted by molar-refractivity contribution is -0.122. The van der Waals surface area contributed by atoms with E-state index in [9.17, 15) is 4.79 Å². The number of benzene rings is 1. The van der Waals surface area contributed by atoms with Gasteiger partial charge in [-0.15, -0.1) is 0 Å².